The smallest absolute Gasteiger partial charge is 0.231 e. The van der Waals surface area contributed by atoms with Crippen molar-refractivity contribution >= 4 is 15.9 Å². The van der Waals surface area contributed by atoms with E-state index in [1.807, 2.05) is 6.07 Å². The lowest BCUT2D eigenvalue weighted by atomic mass is 9.87. The first-order valence-corrected chi connectivity index (χ1v) is 7.98. The number of nitrogens with one attached hydrogen (secondary N) is 1. The van der Waals surface area contributed by atoms with Gasteiger partial charge >= 0.3 is 0 Å². The molecule has 1 fully saturated rings. The number of benzene rings is 1. The Morgan fingerprint density at radius 3 is 2.80 bits per heavy atom. The van der Waals surface area contributed by atoms with Gasteiger partial charge in [0, 0.05) is 6.54 Å². The second kappa shape index (κ2) is 6.33. The van der Waals surface area contributed by atoms with Crippen molar-refractivity contribution in [3.05, 3.63) is 22.2 Å². The van der Waals surface area contributed by atoms with E-state index in [1.165, 1.54) is 5.56 Å². The summed E-state index contributed by atoms with van der Waals surface area (Å²) < 4.78 is 11.8. The number of hydrogen-bond donors (Lipinski definition) is 2. The van der Waals surface area contributed by atoms with E-state index in [1.54, 1.807) is 0 Å². The highest BCUT2D eigenvalue weighted by atomic mass is 79.9. The van der Waals surface area contributed by atoms with E-state index in [4.69, 9.17) is 9.47 Å². The molecule has 2 aliphatic rings. The predicted molar refractivity (Wildman–Crippen MR) is 79.9 cm³/mol. The van der Waals surface area contributed by atoms with E-state index < -0.39 is 0 Å². The van der Waals surface area contributed by atoms with Crippen LogP contribution in [0.3, 0.4) is 0 Å². The molecule has 20 heavy (non-hydrogen) atoms. The molecule has 0 radical (unpaired) electrons. The molecule has 0 saturated heterocycles. The summed E-state index contributed by atoms with van der Waals surface area (Å²) in [5, 5.41) is 13.0. The van der Waals surface area contributed by atoms with Crippen LogP contribution in [-0.4, -0.2) is 24.5 Å². The molecule has 1 heterocycles. The predicted octanol–water partition coefficient (Wildman–Crippen LogP) is 2.82. The van der Waals surface area contributed by atoms with Gasteiger partial charge in [-0.05, 0) is 71.8 Å². The number of aliphatic hydroxyl groups is 1. The summed E-state index contributed by atoms with van der Waals surface area (Å²) in [6.45, 7) is 2.14. The zero-order valence-electron chi connectivity index (χ0n) is 11.4. The zero-order valence-corrected chi connectivity index (χ0v) is 13.0. The maximum absolute atomic E-state index is 9.50. The fraction of sp³-hybridized carbons (Fsp3) is 0.600. The Morgan fingerprint density at radius 1 is 1.20 bits per heavy atom. The number of hydrogen-bond acceptors (Lipinski definition) is 4. The summed E-state index contributed by atoms with van der Waals surface area (Å²) in [6.07, 6.45) is 4.07. The largest absolute Gasteiger partial charge is 0.454 e. The fourth-order valence-corrected chi connectivity index (χ4v) is 3.50. The minimum Gasteiger partial charge on any atom is -0.454 e. The topological polar surface area (TPSA) is 50.7 Å². The van der Waals surface area contributed by atoms with Crippen molar-refractivity contribution in [1.82, 2.24) is 5.32 Å². The highest BCUT2D eigenvalue weighted by Crippen LogP contribution is 2.39. The van der Waals surface area contributed by atoms with Gasteiger partial charge in [-0.15, -0.1) is 0 Å². The molecule has 0 bridgehead atoms. The zero-order chi connectivity index (χ0) is 13.9. The first-order chi connectivity index (χ1) is 9.72. The van der Waals surface area contributed by atoms with E-state index in [0.717, 1.165) is 54.7 Å². The third-order valence-corrected chi connectivity index (χ3v) is 4.65. The van der Waals surface area contributed by atoms with Gasteiger partial charge in [0.1, 0.15) is 0 Å². The highest BCUT2D eigenvalue weighted by Gasteiger charge is 2.20. The van der Waals surface area contributed by atoms with Gasteiger partial charge in [-0.1, -0.05) is 0 Å². The fourth-order valence-electron chi connectivity index (χ4n) is 2.89. The van der Waals surface area contributed by atoms with Crippen LogP contribution < -0.4 is 14.8 Å². The molecule has 3 rings (SSSR count). The van der Waals surface area contributed by atoms with Gasteiger partial charge in [-0.3, -0.25) is 0 Å². The van der Waals surface area contributed by atoms with Crippen LogP contribution in [0.4, 0.5) is 0 Å². The average Bonchev–Trinajstić information content (AvgIpc) is 2.90. The first-order valence-electron chi connectivity index (χ1n) is 7.19. The summed E-state index contributed by atoms with van der Waals surface area (Å²) >= 11 is 3.51. The number of rotatable bonds is 4. The normalized spacial score (nSPS) is 24.9. The van der Waals surface area contributed by atoms with Crippen molar-refractivity contribution in [2.75, 3.05) is 13.3 Å². The summed E-state index contributed by atoms with van der Waals surface area (Å²) in [5.74, 6) is 2.31. The molecule has 110 valence electrons. The minimum atomic E-state index is -0.0731. The number of ether oxygens (including phenoxy) is 2. The Morgan fingerprint density at radius 2 is 2.00 bits per heavy atom. The minimum absolute atomic E-state index is 0.0731. The van der Waals surface area contributed by atoms with E-state index in [2.05, 4.69) is 27.3 Å². The maximum atomic E-state index is 9.50. The van der Waals surface area contributed by atoms with Crippen LogP contribution in [0.15, 0.2) is 16.6 Å². The lowest BCUT2D eigenvalue weighted by molar-refractivity contribution is 0.108. The third kappa shape index (κ3) is 3.27. The van der Waals surface area contributed by atoms with Gasteiger partial charge in [0.2, 0.25) is 6.79 Å². The highest BCUT2D eigenvalue weighted by molar-refractivity contribution is 9.10. The van der Waals surface area contributed by atoms with E-state index in [0.29, 0.717) is 12.7 Å². The molecule has 1 saturated carbocycles. The van der Waals surface area contributed by atoms with Crippen molar-refractivity contribution in [1.29, 1.82) is 0 Å². The van der Waals surface area contributed by atoms with Gasteiger partial charge in [-0.25, -0.2) is 0 Å². The molecule has 2 N–H and O–H groups in total. The Hall–Kier alpha value is -0.780. The SMILES string of the molecule is OC1CCC(CNCc2cc(Br)c3c(c2)OCO3)CC1. The Balaban J connectivity index is 1.50. The van der Waals surface area contributed by atoms with E-state index in [9.17, 15) is 5.11 Å². The van der Waals surface area contributed by atoms with Gasteiger partial charge in [0.25, 0.3) is 0 Å². The molecule has 0 aromatic heterocycles. The van der Waals surface area contributed by atoms with E-state index in [-0.39, 0.29) is 6.10 Å². The first kappa shape index (κ1) is 14.2. The van der Waals surface area contributed by atoms with Crippen LogP contribution >= 0.6 is 15.9 Å². The molecule has 5 heteroatoms. The van der Waals surface area contributed by atoms with Crippen LogP contribution in [0.2, 0.25) is 0 Å². The van der Waals surface area contributed by atoms with Crippen molar-refractivity contribution in [3.63, 3.8) is 0 Å². The van der Waals surface area contributed by atoms with Gasteiger partial charge < -0.3 is 19.9 Å². The summed E-state index contributed by atoms with van der Waals surface area (Å²) in [4.78, 5) is 0. The Labute approximate surface area is 127 Å². The average molecular weight is 342 g/mol. The van der Waals surface area contributed by atoms with E-state index >= 15 is 0 Å². The second-order valence-electron chi connectivity index (χ2n) is 5.62. The van der Waals surface area contributed by atoms with Gasteiger partial charge in [-0.2, -0.15) is 0 Å². The van der Waals surface area contributed by atoms with Crippen LogP contribution in [0.5, 0.6) is 11.5 Å². The van der Waals surface area contributed by atoms with Crippen LogP contribution in [-0.2, 0) is 6.54 Å². The molecule has 0 spiro atoms. The molecule has 1 aromatic carbocycles. The maximum Gasteiger partial charge on any atom is 0.231 e. The summed E-state index contributed by atoms with van der Waals surface area (Å²) in [5.41, 5.74) is 1.19. The third-order valence-electron chi connectivity index (χ3n) is 4.07. The number of halogens is 1. The van der Waals surface area contributed by atoms with Crippen LogP contribution in [0.25, 0.3) is 0 Å². The van der Waals surface area contributed by atoms with Crippen molar-refractivity contribution in [2.24, 2.45) is 5.92 Å². The lowest BCUT2D eigenvalue weighted by Gasteiger charge is -2.25. The van der Waals surface area contributed by atoms with Crippen molar-refractivity contribution in [2.45, 2.75) is 38.3 Å². The van der Waals surface area contributed by atoms with Crippen molar-refractivity contribution in [3.8, 4) is 11.5 Å². The lowest BCUT2D eigenvalue weighted by Crippen LogP contribution is -2.27. The Bertz CT molecular complexity index is 472. The summed E-state index contributed by atoms with van der Waals surface area (Å²) in [6, 6.07) is 4.11. The quantitative estimate of drug-likeness (QED) is 0.884. The molecular formula is C15H20BrNO3. The standard InChI is InChI=1S/C15H20BrNO3/c16-13-5-11(6-14-15(13)20-9-19-14)8-17-7-10-1-3-12(18)4-2-10/h5-6,10,12,17-18H,1-4,7-9H2. The Kier molecular flexibility index (Phi) is 4.48. The van der Waals surface area contributed by atoms with Crippen LogP contribution in [0.1, 0.15) is 31.2 Å². The second-order valence-corrected chi connectivity index (χ2v) is 6.47. The molecule has 1 aromatic rings. The monoisotopic (exact) mass is 341 g/mol. The molecule has 1 aliphatic carbocycles. The summed E-state index contributed by atoms with van der Waals surface area (Å²) in [7, 11) is 0. The van der Waals surface area contributed by atoms with Crippen LogP contribution in [0, 0.1) is 5.92 Å². The molecular weight excluding hydrogens is 322 g/mol. The molecule has 1 aliphatic heterocycles. The number of aliphatic hydroxyl groups excluding tert-OH is 1. The van der Waals surface area contributed by atoms with Gasteiger partial charge in [0.05, 0.1) is 10.6 Å². The molecule has 0 amide bonds. The molecule has 0 unspecified atom stereocenters. The number of fused-ring (bicyclic) bond motifs is 1. The molecule has 4 nitrogen and oxygen atoms in total. The van der Waals surface area contributed by atoms with Crippen molar-refractivity contribution < 1.29 is 14.6 Å². The van der Waals surface area contributed by atoms with Gasteiger partial charge in [0.15, 0.2) is 11.5 Å². The molecule has 0 atom stereocenters.